The summed E-state index contributed by atoms with van der Waals surface area (Å²) in [7, 11) is 0. The maximum Gasteiger partial charge on any atom is 0.305 e. The van der Waals surface area contributed by atoms with Crippen LogP contribution in [0.15, 0.2) is 12.1 Å². The molecule has 0 saturated heterocycles. The van der Waals surface area contributed by atoms with E-state index in [0.29, 0.717) is 18.6 Å². The van der Waals surface area contributed by atoms with Gasteiger partial charge in [0.05, 0.1) is 4.92 Å². The highest BCUT2D eigenvalue weighted by molar-refractivity contribution is 7.98. The first kappa shape index (κ1) is 16.4. The van der Waals surface area contributed by atoms with Gasteiger partial charge >= 0.3 is 5.69 Å². The molecule has 0 spiro atoms. The summed E-state index contributed by atoms with van der Waals surface area (Å²) in [5, 5.41) is 13.0. The summed E-state index contributed by atoms with van der Waals surface area (Å²) in [6, 6.07) is 1.12. The van der Waals surface area contributed by atoms with E-state index in [9.17, 15) is 23.7 Å². The van der Waals surface area contributed by atoms with Gasteiger partial charge in [-0.15, -0.1) is 0 Å². The third-order valence-corrected chi connectivity index (χ3v) is 3.27. The first-order valence-electron chi connectivity index (χ1n) is 5.80. The van der Waals surface area contributed by atoms with Crippen molar-refractivity contribution in [3.8, 4) is 0 Å². The van der Waals surface area contributed by atoms with Crippen molar-refractivity contribution >= 4 is 23.4 Å². The van der Waals surface area contributed by atoms with Gasteiger partial charge in [-0.05, 0) is 31.4 Å². The number of nitro groups is 1. The number of carbonyl (C=O) groups excluding carboxylic acids is 1. The number of nitro benzene ring substituents is 1. The Labute approximate surface area is 118 Å². The number of hydrogen-bond donors (Lipinski definition) is 1. The highest BCUT2D eigenvalue weighted by Gasteiger charge is 2.26. The van der Waals surface area contributed by atoms with Crippen LogP contribution >= 0.6 is 11.8 Å². The van der Waals surface area contributed by atoms with E-state index >= 15 is 0 Å². The molecule has 0 aromatic heterocycles. The summed E-state index contributed by atoms with van der Waals surface area (Å²) < 4.78 is 27.3. The van der Waals surface area contributed by atoms with Crippen LogP contribution < -0.4 is 5.32 Å². The van der Waals surface area contributed by atoms with Crippen molar-refractivity contribution in [3.63, 3.8) is 0 Å². The average Bonchev–Trinajstić information content (AvgIpc) is 2.35. The molecule has 20 heavy (non-hydrogen) atoms. The molecular formula is C12H14F2N2O3S. The monoisotopic (exact) mass is 304 g/mol. The van der Waals surface area contributed by atoms with E-state index in [1.54, 1.807) is 18.7 Å². The molecule has 110 valence electrons. The normalized spacial score (nSPS) is 12.0. The number of amides is 1. The SMILES string of the molecule is CSCCC(C)NC(=O)c1c(F)ccc([N+](=O)[O-])c1F. The van der Waals surface area contributed by atoms with Gasteiger partial charge in [-0.3, -0.25) is 14.9 Å². The van der Waals surface area contributed by atoms with Gasteiger partial charge in [0.2, 0.25) is 5.82 Å². The van der Waals surface area contributed by atoms with E-state index in [4.69, 9.17) is 0 Å². The van der Waals surface area contributed by atoms with Gasteiger partial charge in [-0.2, -0.15) is 16.2 Å². The molecule has 0 bridgehead atoms. The van der Waals surface area contributed by atoms with Crippen LogP contribution in [0.1, 0.15) is 23.7 Å². The molecule has 5 nitrogen and oxygen atoms in total. The minimum atomic E-state index is -1.45. The number of hydrogen-bond acceptors (Lipinski definition) is 4. The standard InChI is InChI=1S/C12H14F2N2O3S/c1-7(5-6-20-2)15-12(17)10-8(13)3-4-9(11(10)14)16(18)19/h3-4,7H,5-6H2,1-2H3,(H,15,17). The Hall–Kier alpha value is -1.70. The summed E-state index contributed by atoms with van der Waals surface area (Å²) in [4.78, 5) is 21.4. The van der Waals surface area contributed by atoms with Crippen molar-refractivity contribution < 1.29 is 18.5 Å². The zero-order valence-corrected chi connectivity index (χ0v) is 11.8. The van der Waals surface area contributed by atoms with Crippen molar-refractivity contribution in [2.75, 3.05) is 12.0 Å². The third-order valence-electron chi connectivity index (χ3n) is 2.63. The Kier molecular flexibility index (Phi) is 5.87. The quantitative estimate of drug-likeness (QED) is 0.648. The Bertz CT molecular complexity index is 526. The fourth-order valence-corrected chi connectivity index (χ4v) is 2.14. The largest absolute Gasteiger partial charge is 0.349 e. The number of benzene rings is 1. The number of halogens is 2. The number of rotatable bonds is 6. The fourth-order valence-electron chi connectivity index (χ4n) is 1.55. The Morgan fingerprint density at radius 2 is 2.15 bits per heavy atom. The van der Waals surface area contributed by atoms with Gasteiger partial charge in [0.1, 0.15) is 11.4 Å². The van der Waals surface area contributed by atoms with Crippen LogP contribution in [0, 0.1) is 21.7 Å². The average molecular weight is 304 g/mol. The predicted molar refractivity (Wildman–Crippen MR) is 72.9 cm³/mol. The Morgan fingerprint density at radius 3 is 2.70 bits per heavy atom. The minimum Gasteiger partial charge on any atom is -0.349 e. The molecule has 0 heterocycles. The van der Waals surface area contributed by atoms with E-state index in [-0.39, 0.29) is 6.04 Å². The zero-order chi connectivity index (χ0) is 15.3. The van der Waals surface area contributed by atoms with Crippen LogP contribution in [-0.4, -0.2) is 28.9 Å². The second-order valence-corrected chi connectivity index (χ2v) is 5.15. The molecule has 0 saturated carbocycles. The van der Waals surface area contributed by atoms with E-state index in [1.165, 1.54) is 0 Å². The van der Waals surface area contributed by atoms with Crippen molar-refractivity contribution in [1.82, 2.24) is 5.32 Å². The molecule has 0 aliphatic rings. The van der Waals surface area contributed by atoms with Crippen LogP contribution in [0.2, 0.25) is 0 Å². The lowest BCUT2D eigenvalue weighted by atomic mass is 10.1. The van der Waals surface area contributed by atoms with E-state index in [2.05, 4.69) is 5.32 Å². The second-order valence-electron chi connectivity index (χ2n) is 4.17. The predicted octanol–water partition coefficient (Wildman–Crippen LogP) is 2.74. The van der Waals surface area contributed by atoms with E-state index in [0.717, 1.165) is 5.75 Å². The maximum absolute atomic E-state index is 13.8. The van der Waals surface area contributed by atoms with Gasteiger partial charge < -0.3 is 5.32 Å². The summed E-state index contributed by atoms with van der Waals surface area (Å²) in [6.07, 6.45) is 2.53. The van der Waals surface area contributed by atoms with Crippen molar-refractivity contribution in [2.24, 2.45) is 0 Å². The lowest BCUT2D eigenvalue weighted by Gasteiger charge is -2.13. The molecule has 1 atom stereocenters. The zero-order valence-electron chi connectivity index (χ0n) is 11.0. The molecule has 1 amide bonds. The number of nitrogens with one attached hydrogen (secondary N) is 1. The van der Waals surface area contributed by atoms with E-state index < -0.39 is 33.7 Å². The topological polar surface area (TPSA) is 72.2 Å². The molecular weight excluding hydrogens is 290 g/mol. The van der Waals surface area contributed by atoms with Crippen molar-refractivity contribution in [3.05, 3.63) is 39.4 Å². The Balaban J connectivity index is 2.98. The molecule has 0 fully saturated rings. The lowest BCUT2D eigenvalue weighted by molar-refractivity contribution is -0.387. The smallest absolute Gasteiger partial charge is 0.305 e. The van der Waals surface area contributed by atoms with Crippen LogP contribution in [0.5, 0.6) is 0 Å². The summed E-state index contributed by atoms with van der Waals surface area (Å²) in [6.45, 7) is 1.70. The highest BCUT2D eigenvalue weighted by atomic mass is 32.2. The first-order valence-corrected chi connectivity index (χ1v) is 7.20. The molecule has 0 aliphatic heterocycles. The van der Waals surface area contributed by atoms with Gasteiger partial charge in [-0.1, -0.05) is 0 Å². The second kappa shape index (κ2) is 7.18. The first-order chi connectivity index (χ1) is 9.38. The molecule has 1 rings (SSSR count). The van der Waals surface area contributed by atoms with Crippen LogP contribution in [0.4, 0.5) is 14.5 Å². The molecule has 1 N–H and O–H groups in total. The van der Waals surface area contributed by atoms with E-state index in [1.807, 2.05) is 6.26 Å². The van der Waals surface area contributed by atoms with Gasteiger partial charge in [-0.25, -0.2) is 4.39 Å². The van der Waals surface area contributed by atoms with Gasteiger partial charge in [0.25, 0.3) is 5.91 Å². The summed E-state index contributed by atoms with van der Waals surface area (Å²) in [5.41, 5.74) is -1.84. The fraction of sp³-hybridized carbons (Fsp3) is 0.417. The highest BCUT2D eigenvalue weighted by Crippen LogP contribution is 2.23. The lowest BCUT2D eigenvalue weighted by Crippen LogP contribution is -2.34. The minimum absolute atomic E-state index is 0.284. The number of carbonyl (C=O) groups is 1. The van der Waals surface area contributed by atoms with Crippen molar-refractivity contribution in [1.29, 1.82) is 0 Å². The van der Waals surface area contributed by atoms with Crippen LogP contribution in [-0.2, 0) is 0 Å². The third kappa shape index (κ3) is 3.89. The number of thioether (sulfide) groups is 1. The maximum atomic E-state index is 13.8. The Morgan fingerprint density at radius 1 is 1.50 bits per heavy atom. The summed E-state index contributed by atoms with van der Waals surface area (Å²) in [5.74, 6) is -2.79. The molecule has 0 radical (unpaired) electrons. The molecule has 0 aliphatic carbocycles. The van der Waals surface area contributed by atoms with Crippen LogP contribution in [0.3, 0.4) is 0 Å². The van der Waals surface area contributed by atoms with Gasteiger partial charge in [0, 0.05) is 12.1 Å². The summed E-state index contributed by atoms with van der Waals surface area (Å²) >= 11 is 1.58. The van der Waals surface area contributed by atoms with Gasteiger partial charge in [0.15, 0.2) is 0 Å². The molecule has 1 aromatic rings. The molecule has 1 unspecified atom stereocenters. The van der Waals surface area contributed by atoms with Crippen molar-refractivity contribution in [2.45, 2.75) is 19.4 Å². The number of nitrogens with zero attached hydrogens (tertiary/aromatic N) is 1. The molecule has 8 heteroatoms. The molecule has 1 aromatic carbocycles. The van der Waals surface area contributed by atoms with Crippen LogP contribution in [0.25, 0.3) is 0 Å².